The summed E-state index contributed by atoms with van der Waals surface area (Å²) in [5, 5.41) is 3.12. The monoisotopic (exact) mass is 194 g/mol. The van der Waals surface area contributed by atoms with Gasteiger partial charge in [-0.1, -0.05) is 13.3 Å². The number of aromatic nitrogens is 2. The van der Waals surface area contributed by atoms with Gasteiger partial charge in [0, 0.05) is 24.5 Å². The van der Waals surface area contributed by atoms with Crippen molar-refractivity contribution in [2.75, 3.05) is 11.9 Å². The highest BCUT2D eigenvalue weighted by Crippen LogP contribution is 2.00. The van der Waals surface area contributed by atoms with Crippen molar-refractivity contribution in [2.24, 2.45) is 5.73 Å². The van der Waals surface area contributed by atoms with E-state index in [0.29, 0.717) is 5.95 Å². The molecule has 0 radical (unpaired) electrons. The van der Waals surface area contributed by atoms with E-state index in [0.717, 1.165) is 25.1 Å². The van der Waals surface area contributed by atoms with Gasteiger partial charge in [-0.15, -0.1) is 0 Å². The number of nitrogens with two attached hydrogens (primary N) is 1. The molecular weight excluding hydrogens is 176 g/mol. The predicted molar refractivity (Wildman–Crippen MR) is 58.1 cm³/mol. The van der Waals surface area contributed by atoms with Gasteiger partial charge < -0.3 is 11.1 Å². The Labute approximate surface area is 85.0 Å². The van der Waals surface area contributed by atoms with Crippen molar-refractivity contribution in [3.8, 4) is 0 Å². The number of hydrogen-bond acceptors (Lipinski definition) is 4. The Morgan fingerprint density at radius 2 is 2.36 bits per heavy atom. The van der Waals surface area contributed by atoms with Crippen molar-refractivity contribution < 1.29 is 0 Å². The van der Waals surface area contributed by atoms with Gasteiger partial charge in [0.15, 0.2) is 0 Å². The van der Waals surface area contributed by atoms with Crippen LogP contribution in [-0.2, 0) is 0 Å². The number of nitrogens with one attached hydrogen (secondary N) is 1. The zero-order valence-corrected chi connectivity index (χ0v) is 8.83. The van der Waals surface area contributed by atoms with Gasteiger partial charge in [0.05, 0.1) is 0 Å². The molecule has 0 aliphatic heterocycles. The third-order valence-electron chi connectivity index (χ3n) is 1.98. The molecule has 0 fully saturated rings. The zero-order chi connectivity index (χ0) is 10.4. The summed E-state index contributed by atoms with van der Waals surface area (Å²) in [7, 11) is 0. The van der Waals surface area contributed by atoms with Crippen LogP contribution in [0.15, 0.2) is 12.3 Å². The Morgan fingerprint density at radius 3 is 3.00 bits per heavy atom. The number of nitrogens with zero attached hydrogens (tertiary/aromatic N) is 2. The third kappa shape index (κ3) is 3.70. The molecule has 0 aromatic carbocycles. The summed E-state index contributed by atoms with van der Waals surface area (Å²) in [5.41, 5.74) is 6.82. The molecule has 3 N–H and O–H groups in total. The quantitative estimate of drug-likeness (QED) is 0.742. The van der Waals surface area contributed by atoms with Crippen LogP contribution in [0.3, 0.4) is 0 Å². The number of hydrogen-bond donors (Lipinski definition) is 2. The van der Waals surface area contributed by atoms with Crippen LogP contribution in [0.25, 0.3) is 0 Å². The first-order valence-electron chi connectivity index (χ1n) is 5.01. The molecule has 0 spiro atoms. The van der Waals surface area contributed by atoms with Crippen LogP contribution in [0.1, 0.15) is 25.5 Å². The summed E-state index contributed by atoms with van der Waals surface area (Å²) in [5.74, 6) is 0.663. The van der Waals surface area contributed by atoms with E-state index in [9.17, 15) is 0 Å². The van der Waals surface area contributed by atoms with Crippen LogP contribution in [0.2, 0.25) is 0 Å². The van der Waals surface area contributed by atoms with Crippen molar-refractivity contribution in [1.29, 1.82) is 0 Å². The first-order valence-corrected chi connectivity index (χ1v) is 5.01. The highest BCUT2D eigenvalue weighted by atomic mass is 15.1. The summed E-state index contributed by atoms with van der Waals surface area (Å²) >= 11 is 0. The Morgan fingerprint density at radius 1 is 1.57 bits per heavy atom. The molecule has 0 aliphatic rings. The molecular formula is C10H18N4. The molecule has 4 heteroatoms. The zero-order valence-electron chi connectivity index (χ0n) is 8.83. The highest BCUT2D eigenvalue weighted by Gasteiger charge is 2.01. The van der Waals surface area contributed by atoms with Gasteiger partial charge in [0.2, 0.25) is 5.95 Å². The van der Waals surface area contributed by atoms with E-state index >= 15 is 0 Å². The molecule has 1 aromatic heterocycles. The molecule has 78 valence electrons. The Hall–Kier alpha value is -1.16. The Bertz CT molecular complexity index is 275. The molecule has 1 unspecified atom stereocenters. The van der Waals surface area contributed by atoms with Crippen molar-refractivity contribution in [2.45, 2.75) is 32.7 Å². The van der Waals surface area contributed by atoms with E-state index in [1.807, 2.05) is 13.0 Å². The van der Waals surface area contributed by atoms with Crippen molar-refractivity contribution in [1.82, 2.24) is 9.97 Å². The first-order chi connectivity index (χ1) is 6.72. The second-order valence-corrected chi connectivity index (χ2v) is 3.45. The molecule has 4 nitrogen and oxygen atoms in total. The van der Waals surface area contributed by atoms with Crippen LogP contribution < -0.4 is 11.1 Å². The summed E-state index contributed by atoms with van der Waals surface area (Å²) in [6.07, 6.45) is 3.88. The Kier molecular flexibility index (Phi) is 4.32. The van der Waals surface area contributed by atoms with Crippen molar-refractivity contribution >= 4 is 5.95 Å². The maximum atomic E-state index is 5.85. The molecule has 0 aliphatic carbocycles. The lowest BCUT2D eigenvalue weighted by Gasteiger charge is -2.11. The van der Waals surface area contributed by atoms with E-state index in [4.69, 9.17) is 5.73 Å². The SMILES string of the molecule is CCCC(N)CNc1nccc(C)n1. The number of aryl methyl sites for hydroxylation is 1. The minimum atomic E-state index is 0.184. The van der Waals surface area contributed by atoms with Crippen LogP contribution >= 0.6 is 0 Å². The molecule has 0 bridgehead atoms. The van der Waals surface area contributed by atoms with E-state index in [-0.39, 0.29) is 6.04 Å². The summed E-state index contributed by atoms with van der Waals surface area (Å²) < 4.78 is 0. The van der Waals surface area contributed by atoms with Crippen LogP contribution in [0, 0.1) is 6.92 Å². The highest BCUT2D eigenvalue weighted by molar-refractivity contribution is 5.24. The summed E-state index contributed by atoms with van der Waals surface area (Å²) in [6, 6.07) is 2.06. The van der Waals surface area contributed by atoms with Gasteiger partial charge in [-0.05, 0) is 19.4 Å². The third-order valence-corrected chi connectivity index (χ3v) is 1.98. The standard InChI is InChI=1S/C10H18N4/c1-3-4-9(11)7-13-10-12-6-5-8(2)14-10/h5-6,9H,3-4,7,11H2,1-2H3,(H,12,13,14). The minimum absolute atomic E-state index is 0.184. The maximum Gasteiger partial charge on any atom is 0.222 e. The molecule has 1 aromatic rings. The topological polar surface area (TPSA) is 63.8 Å². The molecule has 0 saturated heterocycles. The molecule has 1 rings (SSSR count). The minimum Gasteiger partial charge on any atom is -0.353 e. The number of rotatable bonds is 5. The van der Waals surface area contributed by atoms with Gasteiger partial charge in [0.1, 0.15) is 0 Å². The molecule has 0 amide bonds. The van der Waals surface area contributed by atoms with E-state index in [1.165, 1.54) is 0 Å². The fourth-order valence-electron chi connectivity index (χ4n) is 1.23. The second-order valence-electron chi connectivity index (χ2n) is 3.45. The normalized spacial score (nSPS) is 12.5. The lowest BCUT2D eigenvalue weighted by Crippen LogP contribution is -2.29. The molecule has 1 atom stereocenters. The van der Waals surface area contributed by atoms with Gasteiger partial charge >= 0.3 is 0 Å². The fourth-order valence-corrected chi connectivity index (χ4v) is 1.23. The van der Waals surface area contributed by atoms with E-state index < -0.39 is 0 Å². The lowest BCUT2D eigenvalue weighted by molar-refractivity contribution is 0.625. The van der Waals surface area contributed by atoms with Crippen LogP contribution in [0.4, 0.5) is 5.95 Å². The van der Waals surface area contributed by atoms with Gasteiger partial charge in [-0.2, -0.15) is 0 Å². The predicted octanol–water partition coefficient (Wildman–Crippen LogP) is 1.32. The molecule has 1 heterocycles. The largest absolute Gasteiger partial charge is 0.353 e. The first kappa shape index (κ1) is 10.9. The van der Waals surface area contributed by atoms with Crippen molar-refractivity contribution in [3.63, 3.8) is 0 Å². The van der Waals surface area contributed by atoms with Gasteiger partial charge in [-0.3, -0.25) is 0 Å². The lowest BCUT2D eigenvalue weighted by atomic mass is 10.2. The molecule has 0 saturated carbocycles. The molecule has 14 heavy (non-hydrogen) atoms. The smallest absolute Gasteiger partial charge is 0.222 e. The van der Waals surface area contributed by atoms with Crippen LogP contribution in [-0.4, -0.2) is 22.6 Å². The summed E-state index contributed by atoms with van der Waals surface area (Å²) in [6.45, 7) is 4.80. The van der Waals surface area contributed by atoms with Gasteiger partial charge in [-0.25, -0.2) is 9.97 Å². The fraction of sp³-hybridized carbons (Fsp3) is 0.600. The Balaban J connectivity index is 2.37. The van der Waals surface area contributed by atoms with Gasteiger partial charge in [0.25, 0.3) is 0 Å². The van der Waals surface area contributed by atoms with E-state index in [2.05, 4.69) is 22.2 Å². The van der Waals surface area contributed by atoms with Crippen molar-refractivity contribution in [3.05, 3.63) is 18.0 Å². The average molecular weight is 194 g/mol. The maximum absolute atomic E-state index is 5.85. The second kappa shape index (κ2) is 5.54. The summed E-state index contributed by atoms with van der Waals surface area (Å²) in [4.78, 5) is 8.32. The van der Waals surface area contributed by atoms with Crippen LogP contribution in [0.5, 0.6) is 0 Å². The average Bonchev–Trinajstić information content (AvgIpc) is 2.15. The number of anilines is 1. The van der Waals surface area contributed by atoms with E-state index in [1.54, 1.807) is 6.20 Å².